The van der Waals surface area contributed by atoms with Crippen molar-refractivity contribution in [3.8, 4) is 0 Å². The van der Waals surface area contributed by atoms with E-state index in [1.165, 1.54) is 11.8 Å². The third kappa shape index (κ3) is 5.08. The number of thioether (sulfide) groups is 1. The minimum atomic E-state index is -0.368. The summed E-state index contributed by atoms with van der Waals surface area (Å²) >= 11 is 1.30. The van der Waals surface area contributed by atoms with Gasteiger partial charge in [0.1, 0.15) is 0 Å². The van der Waals surface area contributed by atoms with Gasteiger partial charge in [-0.3, -0.25) is 14.6 Å². The Kier molecular flexibility index (Phi) is 6.08. The molecule has 0 saturated carbocycles. The first-order valence-electron chi connectivity index (χ1n) is 8.65. The number of hydrogen-bond acceptors (Lipinski definition) is 4. The van der Waals surface area contributed by atoms with Crippen LogP contribution in [0.1, 0.15) is 12.5 Å². The molecule has 27 heavy (non-hydrogen) atoms. The van der Waals surface area contributed by atoms with Crippen LogP contribution in [0.15, 0.2) is 60.8 Å². The lowest BCUT2D eigenvalue weighted by atomic mass is 10.2. The van der Waals surface area contributed by atoms with Crippen molar-refractivity contribution >= 4 is 45.9 Å². The Balaban J connectivity index is 1.54. The number of benzene rings is 2. The van der Waals surface area contributed by atoms with Crippen molar-refractivity contribution in [2.75, 3.05) is 16.4 Å². The second-order valence-corrected chi connectivity index (χ2v) is 7.57. The van der Waals surface area contributed by atoms with Gasteiger partial charge in [-0.15, -0.1) is 11.8 Å². The maximum Gasteiger partial charge on any atom is 0.237 e. The van der Waals surface area contributed by atoms with Crippen molar-refractivity contribution in [1.29, 1.82) is 0 Å². The molecule has 1 unspecified atom stereocenters. The van der Waals surface area contributed by atoms with Crippen molar-refractivity contribution in [2.45, 2.75) is 19.1 Å². The summed E-state index contributed by atoms with van der Waals surface area (Å²) in [6.07, 6.45) is 1.70. The maximum absolute atomic E-state index is 12.5. The number of para-hydroxylation sites is 1. The molecule has 0 radical (unpaired) electrons. The number of nitrogens with one attached hydrogen (secondary N) is 2. The topological polar surface area (TPSA) is 71.1 Å². The Morgan fingerprint density at radius 3 is 2.56 bits per heavy atom. The van der Waals surface area contributed by atoms with Gasteiger partial charge in [-0.05, 0) is 38.1 Å². The highest BCUT2D eigenvalue weighted by molar-refractivity contribution is 8.01. The Hall–Kier alpha value is -2.86. The Labute approximate surface area is 162 Å². The van der Waals surface area contributed by atoms with Crippen molar-refractivity contribution < 1.29 is 9.59 Å². The fourth-order valence-electron chi connectivity index (χ4n) is 2.55. The highest BCUT2D eigenvalue weighted by atomic mass is 32.2. The molecule has 2 aromatic carbocycles. The molecular weight excluding hydrogens is 358 g/mol. The van der Waals surface area contributed by atoms with Crippen molar-refractivity contribution in [3.63, 3.8) is 0 Å². The van der Waals surface area contributed by atoms with Gasteiger partial charge < -0.3 is 10.6 Å². The standard InChI is InChI=1S/C21H21N3O2S/c1-14-8-10-17(11-9-14)23-19(25)13-27-15(2)21(26)24-18-7-3-5-16-6-4-12-22-20(16)18/h3-12,15H,13H2,1-2H3,(H,23,25)(H,24,26). The Bertz CT molecular complexity index is 952. The predicted octanol–water partition coefficient (Wildman–Crippen LogP) is 4.24. The monoisotopic (exact) mass is 379 g/mol. The van der Waals surface area contributed by atoms with Gasteiger partial charge >= 0.3 is 0 Å². The number of carbonyl (C=O) groups excluding carboxylic acids is 2. The molecule has 2 N–H and O–H groups in total. The minimum Gasteiger partial charge on any atom is -0.325 e. The molecule has 3 aromatic rings. The van der Waals surface area contributed by atoms with Crippen LogP contribution < -0.4 is 10.6 Å². The summed E-state index contributed by atoms with van der Waals surface area (Å²) in [7, 11) is 0. The van der Waals surface area contributed by atoms with E-state index in [-0.39, 0.29) is 22.8 Å². The number of aryl methyl sites for hydroxylation is 1. The van der Waals surface area contributed by atoms with Crippen LogP contribution in [0.25, 0.3) is 10.9 Å². The molecule has 1 heterocycles. The normalized spacial score (nSPS) is 11.8. The molecule has 0 bridgehead atoms. The first kappa shape index (κ1) is 18.9. The lowest BCUT2D eigenvalue weighted by Gasteiger charge is -2.13. The summed E-state index contributed by atoms with van der Waals surface area (Å²) in [5.74, 6) is -0.0763. The van der Waals surface area contributed by atoms with E-state index in [0.29, 0.717) is 5.69 Å². The molecule has 138 valence electrons. The van der Waals surface area contributed by atoms with E-state index >= 15 is 0 Å². The third-order valence-electron chi connectivity index (χ3n) is 4.06. The molecular formula is C21H21N3O2S. The zero-order chi connectivity index (χ0) is 19.2. The van der Waals surface area contributed by atoms with Crippen LogP contribution in [-0.2, 0) is 9.59 Å². The number of carbonyl (C=O) groups is 2. The number of rotatable bonds is 6. The zero-order valence-electron chi connectivity index (χ0n) is 15.2. The van der Waals surface area contributed by atoms with E-state index in [1.807, 2.05) is 61.5 Å². The van der Waals surface area contributed by atoms with Gasteiger partial charge in [0.25, 0.3) is 0 Å². The molecule has 5 nitrogen and oxygen atoms in total. The lowest BCUT2D eigenvalue weighted by molar-refractivity contribution is -0.115. The summed E-state index contributed by atoms with van der Waals surface area (Å²) < 4.78 is 0. The van der Waals surface area contributed by atoms with E-state index in [2.05, 4.69) is 15.6 Å². The van der Waals surface area contributed by atoms with Gasteiger partial charge in [-0.2, -0.15) is 0 Å². The molecule has 0 spiro atoms. The molecule has 0 aliphatic rings. The van der Waals surface area contributed by atoms with E-state index in [0.717, 1.165) is 22.2 Å². The summed E-state index contributed by atoms with van der Waals surface area (Å²) in [6.45, 7) is 3.78. The summed E-state index contributed by atoms with van der Waals surface area (Å²) in [4.78, 5) is 28.9. The number of fused-ring (bicyclic) bond motifs is 1. The fraction of sp³-hybridized carbons (Fsp3) is 0.190. The number of hydrogen-bond donors (Lipinski definition) is 2. The molecule has 3 rings (SSSR count). The third-order valence-corrected chi connectivity index (χ3v) is 5.20. The van der Waals surface area contributed by atoms with Crippen molar-refractivity contribution in [2.24, 2.45) is 0 Å². The highest BCUT2D eigenvalue weighted by Crippen LogP contribution is 2.22. The average molecular weight is 379 g/mol. The predicted molar refractivity (Wildman–Crippen MR) is 112 cm³/mol. The molecule has 0 aliphatic carbocycles. The Morgan fingerprint density at radius 1 is 1.04 bits per heavy atom. The second-order valence-electron chi connectivity index (χ2n) is 6.24. The van der Waals surface area contributed by atoms with Crippen LogP contribution in [-0.4, -0.2) is 27.8 Å². The van der Waals surface area contributed by atoms with Crippen LogP contribution in [0.2, 0.25) is 0 Å². The SMILES string of the molecule is Cc1ccc(NC(=O)CSC(C)C(=O)Nc2cccc3cccnc23)cc1. The number of pyridine rings is 1. The average Bonchev–Trinajstić information content (AvgIpc) is 2.68. The number of aromatic nitrogens is 1. The maximum atomic E-state index is 12.5. The summed E-state index contributed by atoms with van der Waals surface area (Å²) in [5.41, 5.74) is 3.32. The van der Waals surface area contributed by atoms with Gasteiger partial charge in [-0.1, -0.05) is 35.9 Å². The van der Waals surface area contributed by atoms with Crippen molar-refractivity contribution in [3.05, 3.63) is 66.4 Å². The van der Waals surface area contributed by atoms with E-state index < -0.39 is 0 Å². The smallest absolute Gasteiger partial charge is 0.237 e. The van der Waals surface area contributed by atoms with Crippen LogP contribution in [0.4, 0.5) is 11.4 Å². The molecule has 6 heteroatoms. The van der Waals surface area contributed by atoms with Crippen LogP contribution >= 0.6 is 11.8 Å². The number of amides is 2. The first-order valence-corrected chi connectivity index (χ1v) is 9.70. The minimum absolute atomic E-state index is 0.129. The second kappa shape index (κ2) is 8.68. The Morgan fingerprint density at radius 2 is 1.78 bits per heavy atom. The van der Waals surface area contributed by atoms with Gasteiger partial charge in [-0.25, -0.2) is 0 Å². The molecule has 1 atom stereocenters. The molecule has 1 aromatic heterocycles. The van der Waals surface area contributed by atoms with E-state index in [1.54, 1.807) is 13.1 Å². The van der Waals surface area contributed by atoms with Gasteiger partial charge in [0, 0.05) is 17.3 Å². The van der Waals surface area contributed by atoms with E-state index in [9.17, 15) is 9.59 Å². The van der Waals surface area contributed by atoms with Gasteiger partial charge in [0.2, 0.25) is 11.8 Å². The fourth-order valence-corrected chi connectivity index (χ4v) is 3.23. The first-order chi connectivity index (χ1) is 13.0. The number of anilines is 2. The molecule has 0 aliphatic heterocycles. The molecule has 0 fully saturated rings. The van der Waals surface area contributed by atoms with E-state index in [4.69, 9.17) is 0 Å². The van der Waals surface area contributed by atoms with Gasteiger partial charge in [0.15, 0.2) is 0 Å². The summed E-state index contributed by atoms with van der Waals surface area (Å²) in [5, 5.41) is 6.34. The largest absolute Gasteiger partial charge is 0.325 e. The van der Waals surface area contributed by atoms with Crippen molar-refractivity contribution in [1.82, 2.24) is 4.98 Å². The lowest BCUT2D eigenvalue weighted by Crippen LogP contribution is -2.25. The quantitative estimate of drug-likeness (QED) is 0.672. The van der Waals surface area contributed by atoms with Gasteiger partial charge in [0.05, 0.1) is 22.2 Å². The van der Waals surface area contributed by atoms with Crippen LogP contribution in [0, 0.1) is 6.92 Å². The van der Waals surface area contributed by atoms with Crippen LogP contribution in [0.3, 0.4) is 0 Å². The summed E-state index contributed by atoms with van der Waals surface area (Å²) in [6, 6.07) is 17.1. The zero-order valence-corrected chi connectivity index (χ0v) is 16.0. The van der Waals surface area contributed by atoms with Crippen LogP contribution in [0.5, 0.6) is 0 Å². The molecule has 0 saturated heterocycles. The molecule has 2 amide bonds. The number of nitrogens with zero attached hydrogens (tertiary/aromatic N) is 1. The highest BCUT2D eigenvalue weighted by Gasteiger charge is 2.16.